The third-order valence-electron chi connectivity index (χ3n) is 6.07. The van der Waals surface area contributed by atoms with Crippen LogP contribution in [-0.2, 0) is 17.8 Å². The molecule has 6 nitrogen and oxygen atoms in total. The number of carbonyl (C=O) groups is 1. The second kappa shape index (κ2) is 6.43. The van der Waals surface area contributed by atoms with Crippen LogP contribution in [0.25, 0.3) is 0 Å². The van der Waals surface area contributed by atoms with Gasteiger partial charge in [0.1, 0.15) is 12.4 Å². The molecule has 2 aromatic rings. The number of anilines is 1. The Hall–Kier alpha value is -2.34. The number of hydrogen-bond acceptors (Lipinski definition) is 4. The van der Waals surface area contributed by atoms with E-state index in [4.69, 9.17) is 5.73 Å². The lowest BCUT2D eigenvalue weighted by atomic mass is 9.70. The highest BCUT2D eigenvalue weighted by Gasteiger charge is 2.56. The number of aryl methyl sites for hydroxylation is 1. The fourth-order valence-corrected chi connectivity index (χ4v) is 4.99. The van der Waals surface area contributed by atoms with Gasteiger partial charge >= 0.3 is 0 Å². The number of rotatable bonds is 5. The summed E-state index contributed by atoms with van der Waals surface area (Å²) in [6.07, 6.45) is 3.64. The molecule has 2 bridgehead atoms. The average molecular weight is 354 g/mol. The van der Waals surface area contributed by atoms with Crippen molar-refractivity contribution < 1.29 is 9.90 Å². The molecule has 1 aromatic heterocycles. The van der Waals surface area contributed by atoms with Gasteiger partial charge in [0.2, 0.25) is 5.91 Å². The standard InChI is InChI=1S/C20H26N4O2/c1-14-9-18(21)23(22-14)12-19(26)24-16-7-8-17(24)20(11-16,13-25)10-15-5-3-2-4-6-15/h2-6,9,16-17,25H,7-8,10-13,21H2,1H3/t16-,17+,20-/m1/s1. The number of carbonyl (C=O) groups excluding carboxylic acids is 1. The highest BCUT2D eigenvalue weighted by atomic mass is 16.3. The van der Waals surface area contributed by atoms with Gasteiger partial charge in [0, 0.05) is 23.6 Å². The maximum atomic E-state index is 13.0. The minimum atomic E-state index is -0.245. The SMILES string of the molecule is Cc1cc(N)n(CC(=O)N2[C@@H]3CC[C@H]2[C@](CO)(Cc2ccccc2)C3)n1. The maximum absolute atomic E-state index is 13.0. The number of nitrogens with zero attached hydrogens (tertiary/aromatic N) is 3. The largest absolute Gasteiger partial charge is 0.396 e. The minimum Gasteiger partial charge on any atom is -0.396 e. The van der Waals surface area contributed by atoms with E-state index in [0.29, 0.717) is 5.82 Å². The lowest BCUT2D eigenvalue weighted by Crippen LogP contribution is -2.45. The van der Waals surface area contributed by atoms with Gasteiger partial charge < -0.3 is 15.7 Å². The molecule has 138 valence electrons. The van der Waals surface area contributed by atoms with Crippen LogP contribution in [0.3, 0.4) is 0 Å². The highest BCUT2D eigenvalue weighted by Crippen LogP contribution is 2.51. The van der Waals surface area contributed by atoms with Crippen molar-refractivity contribution in [3.8, 4) is 0 Å². The Kier molecular flexibility index (Phi) is 4.23. The monoisotopic (exact) mass is 354 g/mol. The molecule has 2 aliphatic rings. The van der Waals surface area contributed by atoms with Gasteiger partial charge in [-0.05, 0) is 38.2 Å². The van der Waals surface area contributed by atoms with Crippen LogP contribution in [0.4, 0.5) is 5.82 Å². The van der Waals surface area contributed by atoms with Crippen LogP contribution in [0.5, 0.6) is 0 Å². The fourth-order valence-electron chi connectivity index (χ4n) is 4.99. The summed E-state index contributed by atoms with van der Waals surface area (Å²) in [4.78, 5) is 15.0. The zero-order valence-corrected chi connectivity index (χ0v) is 15.1. The number of aromatic nitrogens is 2. The van der Waals surface area contributed by atoms with Gasteiger partial charge in [-0.1, -0.05) is 30.3 Å². The Morgan fingerprint density at radius 1 is 1.35 bits per heavy atom. The van der Waals surface area contributed by atoms with Crippen molar-refractivity contribution in [1.82, 2.24) is 14.7 Å². The first-order valence-corrected chi connectivity index (χ1v) is 9.28. The molecule has 26 heavy (non-hydrogen) atoms. The number of fused-ring (bicyclic) bond motifs is 2. The van der Waals surface area contributed by atoms with Gasteiger partial charge in [0.15, 0.2) is 0 Å². The van der Waals surface area contributed by atoms with E-state index >= 15 is 0 Å². The van der Waals surface area contributed by atoms with E-state index in [1.807, 2.05) is 30.0 Å². The fraction of sp³-hybridized carbons (Fsp3) is 0.500. The highest BCUT2D eigenvalue weighted by molar-refractivity contribution is 5.78. The van der Waals surface area contributed by atoms with Crippen molar-refractivity contribution in [3.63, 3.8) is 0 Å². The molecule has 1 amide bonds. The Balaban J connectivity index is 1.55. The van der Waals surface area contributed by atoms with Crippen molar-refractivity contribution in [2.24, 2.45) is 5.41 Å². The van der Waals surface area contributed by atoms with Crippen LogP contribution in [0.15, 0.2) is 36.4 Å². The second-order valence-corrected chi connectivity index (χ2v) is 7.80. The molecule has 0 aliphatic carbocycles. The molecule has 6 heteroatoms. The Morgan fingerprint density at radius 2 is 2.12 bits per heavy atom. The van der Waals surface area contributed by atoms with Crippen LogP contribution in [0, 0.1) is 12.3 Å². The summed E-state index contributed by atoms with van der Waals surface area (Å²) in [5.74, 6) is 0.566. The molecule has 0 spiro atoms. The molecule has 2 saturated heterocycles. The Morgan fingerprint density at radius 3 is 2.77 bits per heavy atom. The second-order valence-electron chi connectivity index (χ2n) is 7.80. The van der Waals surface area contributed by atoms with Crippen molar-refractivity contribution in [3.05, 3.63) is 47.7 Å². The average Bonchev–Trinajstić information content (AvgIpc) is 3.27. The summed E-state index contributed by atoms with van der Waals surface area (Å²) in [5.41, 5.74) is 7.73. The number of aliphatic hydroxyl groups is 1. The summed E-state index contributed by atoms with van der Waals surface area (Å²) in [7, 11) is 0. The molecule has 2 fully saturated rings. The first kappa shape index (κ1) is 17.1. The molecular weight excluding hydrogens is 328 g/mol. The number of hydrogen-bond donors (Lipinski definition) is 2. The minimum absolute atomic E-state index is 0.0516. The molecular formula is C20H26N4O2. The lowest BCUT2D eigenvalue weighted by molar-refractivity contribution is -0.134. The summed E-state index contributed by atoms with van der Waals surface area (Å²) in [6, 6.07) is 12.3. The molecule has 0 radical (unpaired) electrons. The van der Waals surface area contributed by atoms with Crippen LogP contribution in [-0.4, -0.2) is 44.4 Å². The van der Waals surface area contributed by atoms with Crippen molar-refractivity contribution in [2.75, 3.05) is 12.3 Å². The molecule has 3 heterocycles. The van der Waals surface area contributed by atoms with Crippen LogP contribution in [0.1, 0.15) is 30.5 Å². The van der Waals surface area contributed by atoms with E-state index in [1.165, 1.54) is 5.56 Å². The normalized spacial score (nSPS) is 27.2. The molecule has 2 aliphatic heterocycles. The summed E-state index contributed by atoms with van der Waals surface area (Å²) >= 11 is 0. The number of amides is 1. The van der Waals surface area contributed by atoms with Crippen LogP contribution in [0.2, 0.25) is 0 Å². The van der Waals surface area contributed by atoms with E-state index in [0.717, 1.165) is 31.4 Å². The third kappa shape index (κ3) is 2.78. The van der Waals surface area contributed by atoms with E-state index in [2.05, 4.69) is 17.2 Å². The molecule has 1 aromatic carbocycles. The number of benzene rings is 1. The van der Waals surface area contributed by atoms with Crippen molar-refractivity contribution in [2.45, 2.75) is 51.2 Å². The quantitative estimate of drug-likeness (QED) is 0.857. The Labute approximate surface area is 153 Å². The van der Waals surface area contributed by atoms with Gasteiger partial charge in [0.05, 0.1) is 12.3 Å². The van der Waals surface area contributed by atoms with E-state index < -0.39 is 0 Å². The maximum Gasteiger partial charge on any atom is 0.244 e. The van der Waals surface area contributed by atoms with Gasteiger partial charge in [-0.15, -0.1) is 0 Å². The topological polar surface area (TPSA) is 84.4 Å². The first-order valence-electron chi connectivity index (χ1n) is 9.28. The predicted octanol–water partition coefficient (Wildman–Crippen LogP) is 1.76. The molecule has 4 rings (SSSR count). The predicted molar refractivity (Wildman–Crippen MR) is 99.3 cm³/mol. The molecule has 3 N–H and O–H groups in total. The summed E-state index contributed by atoms with van der Waals surface area (Å²) in [6.45, 7) is 2.14. The zero-order chi connectivity index (χ0) is 18.3. The summed E-state index contributed by atoms with van der Waals surface area (Å²) in [5, 5.41) is 14.6. The zero-order valence-electron chi connectivity index (χ0n) is 15.1. The number of nitrogen functional groups attached to an aromatic ring is 1. The van der Waals surface area contributed by atoms with E-state index in [9.17, 15) is 9.90 Å². The van der Waals surface area contributed by atoms with E-state index in [-0.39, 0.29) is 36.6 Å². The Bertz CT molecular complexity index is 803. The van der Waals surface area contributed by atoms with Crippen molar-refractivity contribution in [1.29, 1.82) is 0 Å². The smallest absolute Gasteiger partial charge is 0.244 e. The van der Waals surface area contributed by atoms with Gasteiger partial charge in [-0.25, -0.2) is 4.68 Å². The number of nitrogens with two attached hydrogens (primary N) is 1. The molecule has 0 saturated carbocycles. The van der Waals surface area contributed by atoms with Gasteiger partial charge in [0.25, 0.3) is 0 Å². The van der Waals surface area contributed by atoms with Crippen LogP contribution >= 0.6 is 0 Å². The van der Waals surface area contributed by atoms with Crippen molar-refractivity contribution >= 4 is 11.7 Å². The first-order chi connectivity index (χ1) is 12.5. The number of aliphatic hydroxyl groups excluding tert-OH is 1. The molecule has 3 atom stereocenters. The lowest BCUT2D eigenvalue weighted by Gasteiger charge is -2.36. The van der Waals surface area contributed by atoms with E-state index in [1.54, 1.807) is 10.7 Å². The third-order valence-corrected chi connectivity index (χ3v) is 6.07. The van der Waals surface area contributed by atoms with Crippen LogP contribution < -0.4 is 5.73 Å². The van der Waals surface area contributed by atoms with Gasteiger partial charge in [-0.2, -0.15) is 5.10 Å². The molecule has 0 unspecified atom stereocenters. The summed E-state index contributed by atoms with van der Waals surface area (Å²) < 4.78 is 1.58. The van der Waals surface area contributed by atoms with Gasteiger partial charge in [-0.3, -0.25) is 4.79 Å².